The zero-order chi connectivity index (χ0) is 11.8. The molecule has 0 aromatic carbocycles. The summed E-state index contributed by atoms with van der Waals surface area (Å²) in [6.07, 6.45) is 11.3. The molecule has 0 aromatic heterocycles. The van der Waals surface area contributed by atoms with Gasteiger partial charge in [-0.2, -0.15) is 0 Å². The molecule has 1 nitrogen and oxygen atoms in total. The average molecular weight is 296 g/mol. The Hall–Kier alpha value is -0.197. The number of hydrogen-bond acceptors (Lipinski definition) is 1. The Labute approximate surface area is 104 Å². The van der Waals surface area contributed by atoms with Crippen LogP contribution in [0.15, 0.2) is 42.0 Å². The minimum atomic E-state index is -2.68. The van der Waals surface area contributed by atoms with Crippen molar-refractivity contribution in [1.29, 1.82) is 0 Å². The van der Waals surface area contributed by atoms with Gasteiger partial charge in [0, 0.05) is 0 Å². The summed E-state index contributed by atoms with van der Waals surface area (Å²) in [6.45, 7) is 4.45. The molecule has 0 bridgehead atoms. The molecule has 0 saturated heterocycles. The molecule has 0 saturated carbocycles. The Morgan fingerprint density at radius 3 is 1.69 bits per heavy atom. The van der Waals surface area contributed by atoms with E-state index in [0.717, 1.165) is 12.8 Å². The molecule has 0 spiro atoms. The summed E-state index contributed by atoms with van der Waals surface area (Å²) in [5.74, 6) is 0. The van der Waals surface area contributed by atoms with Gasteiger partial charge in [-0.05, 0) is 0 Å². The number of hydrogen-bond donors (Lipinski definition) is 0. The molecule has 2 aliphatic carbocycles. The van der Waals surface area contributed by atoms with Crippen molar-refractivity contribution in [1.82, 2.24) is 0 Å². The molecule has 0 amide bonds. The van der Waals surface area contributed by atoms with E-state index in [9.17, 15) is 0 Å². The fourth-order valence-electron chi connectivity index (χ4n) is 2.80. The van der Waals surface area contributed by atoms with Crippen LogP contribution in [0.5, 0.6) is 0 Å². The van der Waals surface area contributed by atoms with E-state index in [1.165, 1.54) is 11.1 Å². The van der Waals surface area contributed by atoms with Gasteiger partial charge in [0.25, 0.3) is 0 Å². The maximum atomic E-state index is 6.06. The first-order chi connectivity index (χ1) is 7.59. The van der Waals surface area contributed by atoms with Gasteiger partial charge in [-0.1, -0.05) is 0 Å². The molecule has 0 aromatic rings. The zero-order valence-corrected chi connectivity index (χ0v) is 13.1. The van der Waals surface area contributed by atoms with Crippen LogP contribution in [0, 0.1) is 0 Å². The van der Waals surface area contributed by atoms with Crippen LogP contribution < -0.4 is 0 Å². The van der Waals surface area contributed by atoms with Gasteiger partial charge in [-0.3, -0.25) is 0 Å². The van der Waals surface area contributed by atoms with Gasteiger partial charge in [0.2, 0.25) is 0 Å². The molecule has 0 unspecified atom stereocenters. The van der Waals surface area contributed by atoms with E-state index in [0.29, 0.717) is 0 Å². The number of rotatable bonds is 3. The predicted octanol–water partition coefficient (Wildman–Crippen LogP) is 4.22. The van der Waals surface area contributed by atoms with Crippen LogP contribution in [-0.4, -0.2) is 7.11 Å². The Bertz CT molecular complexity index is 388. The van der Waals surface area contributed by atoms with Crippen molar-refractivity contribution in [2.75, 3.05) is 7.11 Å². The molecule has 0 fully saturated rings. The van der Waals surface area contributed by atoms with Crippen molar-refractivity contribution in [2.24, 2.45) is 0 Å². The molecule has 86 valence electrons. The van der Waals surface area contributed by atoms with Crippen LogP contribution in [-0.2, 0) is 23.5 Å². The summed E-state index contributed by atoms with van der Waals surface area (Å²) in [7, 11) is 1.91. The predicted molar refractivity (Wildman–Crippen MR) is 65.8 cm³/mol. The molecular weight excluding hydrogens is 275 g/mol. The second-order valence-corrected chi connectivity index (χ2v) is 13.8. The van der Waals surface area contributed by atoms with Crippen LogP contribution >= 0.6 is 0 Å². The van der Waals surface area contributed by atoms with Crippen molar-refractivity contribution in [3.8, 4) is 0 Å². The molecule has 0 radical (unpaired) electrons. The van der Waals surface area contributed by atoms with Gasteiger partial charge >= 0.3 is 104 Å². The molecule has 2 aliphatic rings. The Morgan fingerprint density at radius 1 is 1.00 bits per heavy atom. The first kappa shape index (κ1) is 12.3. The second kappa shape index (κ2) is 4.58. The fourth-order valence-corrected chi connectivity index (χ4v) is 11.5. The average Bonchev–Trinajstić information content (AvgIpc) is 2.86. The first-order valence-electron chi connectivity index (χ1n) is 5.88. The van der Waals surface area contributed by atoms with E-state index in [-0.39, 0.29) is 0 Å². The van der Waals surface area contributed by atoms with Gasteiger partial charge in [0.1, 0.15) is 0 Å². The molecule has 0 atom stereocenters. The Kier molecular flexibility index (Phi) is 3.51. The third-order valence-electron chi connectivity index (χ3n) is 3.89. The molecule has 16 heavy (non-hydrogen) atoms. The van der Waals surface area contributed by atoms with E-state index in [2.05, 4.69) is 42.8 Å². The first-order valence-corrected chi connectivity index (χ1v) is 11.8. The van der Waals surface area contributed by atoms with Gasteiger partial charge in [-0.15, -0.1) is 0 Å². The van der Waals surface area contributed by atoms with E-state index in [4.69, 9.17) is 2.81 Å². The summed E-state index contributed by atoms with van der Waals surface area (Å²) in [5.41, 5.74) is 2.90. The second-order valence-electron chi connectivity index (χ2n) is 4.77. The maximum absolute atomic E-state index is 6.06. The standard InChI is InChI=1S/2C6H7.CH3O.CH3.Zr/c2*1-6-4-2-3-5-6;1-2;;/h2*2,4H,3H2,1H3;1H3;1H3;/q;;-1;;+1. The number of allylic oxidation sites excluding steroid dienone is 8. The summed E-state index contributed by atoms with van der Waals surface area (Å²) in [4.78, 5) is 0. The van der Waals surface area contributed by atoms with Crippen LogP contribution in [0.4, 0.5) is 0 Å². The normalized spacial score (nSPS) is 20.5. The summed E-state index contributed by atoms with van der Waals surface area (Å²) in [6, 6.07) is 0. The quantitative estimate of drug-likeness (QED) is 0.757. The Morgan fingerprint density at radius 2 is 1.44 bits per heavy atom. The van der Waals surface area contributed by atoms with Crippen LogP contribution in [0.2, 0.25) is 4.63 Å². The third kappa shape index (κ3) is 1.87. The molecule has 2 heteroatoms. The molecule has 2 rings (SSSR count). The van der Waals surface area contributed by atoms with Gasteiger partial charge in [-0.25, -0.2) is 0 Å². The minimum absolute atomic E-state index is 1.11. The van der Waals surface area contributed by atoms with Gasteiger partial charge in [0.05, 0.1) is 0 Å². The van der Waals surface area contributed by atoms with Crippen LogP contribution in [0.25, 0.3) is 0 Å². The van der Waals surface area contributed by atoms with Crippen LogP contribution in [0.3, 0.4) is 0 Å². The van der Waals surface area contributed by atoms with Crippen molar-refractivity contribution < 1.29 is 23.5 Å². The monoisotopic (exact) mass is 294 g/mol. The van der Waals surface area contributed by atoms with Crippen molar-refractivity contribution >= 4 is 0 Å². The van der Waals surface area contributed by atoms with E-state index >= 15 is 0 Å². The third-order valence-corrected chi connectivity index (χ3v) is 14.5. The van der Waals surface area contributed by atoms with Crippen molar-refractivity contribution in [3.05, 3.63) is 42.0 Å². The molecule has 0 aliphatic heterocycles. The SMILES string of the molecule is C[O][Zr]([CH3])([C]1=C(C)C=CC1)[C]1=C(C)C=CC1. The topological polar surface area (TPSA) is 9.23 Å². The van der Waals surface area contributed by atoms with Gasteiger partial charge < -0.3 is 0 Å². The van der Waals surface area contributed by atoms with Crippen molar-refractivity contribution in [3.63, 3.8) is 0 Å². The molecule has 0 N–H and O–H groups in total. The van der Waals surface area contributed by atoms with E-state index < -0.39 is 20.7 Å². The Balaban J connectivity index is 2.42. The van der Waals surface area contributed by atoms with E-state index in [1.807, 2.05) is 7.11 Å². The summed E-state index contributed by atoms with van der Waals surface area (Å²) < 4.78 is 11.7. The summed E-state index contributed by atoms with van der Waals surface area (Å²) >= 11 is -2.68. The van der Waals surface area contributed by atoms with Gasteiger partial charge in [0.15, 0.2) is 0 Å². The molecule has 0 heterocycles. The summed E-state index contributed by atoms with van der Waals surface area (Å²) in [5, 5.41) is 0. The van der Waals surface area contributed by atoms with Crippen LogP contribution in [0.1, 0.15) is 26.7 Å². The molecular formula is C14H20OZr. The van der Waals surface area contributed by atoms with Crippen molar-refractivity contribution in [2.45, 2.75) is 31.3 Å². The zero-order valence-electron chi connectivity index (χ0n) is 10.6. The van der Waals surface area contributed by atoms with E-state index in [1.54, 1.807) is 6.56 Å². The fraction of sp³-hybridized carbons (Fsp3) is 0.429.